The molecule has 0 unspecified atom stereocenters. The van der Waals surface area contributed by atoms with Crippen molar-refractivity contribution in [3.05, 3.63) is 70.7 Å². The molecule has 0 bridgehead atoms. The molecule has 0 fully saturated rings. The molecule has 0 spiro atoms. The summed E-state index contributed by atoms with van der Waals surface area (Å²) in [5, 5.41) is 12.2. The second-order valence-electron chi connectivity index (χ2n) is 6.35. The fourth-order valence-corrected chi connectivity index (χ4v) is 2.81. The van der Waals surface area contributed by atoms with Crippen LogP contribution >= 0.6 is 11.6 Å². The van der Waals surface area contributed by atoms with Crippen LogP contribution < -0.4 is 5.32 Å². The fraction of sp³-hybridized carbons (Fsp3) is 0.333. The Morgan fingerprint density at radius 2 is 1.74 bits per heavy atom. The average molecular weight is 389 g/mol. The van der Waals surface area contributed by atoms with Crippen LogP contribution in [0.5, 0.6) is 0 Å². The SMILES string of the molecule is C[C@H](C(=O)NCCCO)N(Cc1ccccc1)C(=O)Cc1ccc(Cl)cc1. The van der Waals surface area contributed by atoms with E-state index in [1.807, 2.05) is 42.5 Å². The van der Waals surface area contributed by atoms with Crippen LogP contribution in [-0.2, 0) is 22.6 Å². The first-order chi connectivity index (χ1) is 13.0. The van der Waals surface area contributed by atoms with E-state index in [1.165, 1.54) is 0 Å². The number of amides is 2. The van der Waals surface area contributed by atoms with E-state index in [0.717, 1.165) is 11.1 Å². The maximum Gasteiger partial charge on any atom is 0.242 e. The van der Waals surface area contributed by atoms with Crippen LogP contribution in [0, 0.1) is 0 Å². The molecule has 2 amide bonds. The van der Waals surface area contributed by atoms with Gasteiger partial charge in [-0.05, 0) is 36.6 Å². The molecule has 1 atom stereocenters. The van der Waals surface area contributed by atoms with E-state index in [-0.39, 0.29) is 24.8 Å². The first-order valence-electron chi connectivity index (χ1n) is 8.97. The Bertz CT molecular complexity index is 735. The molecule has 2 rings (SSSR count). The molecule has 0 heterocycles. The van der Waals surface area contributed by atoms with Gasteiger partial charge in [0.1, 0.15) is 6.04 Å². The van der Waals surface area contributed by atoms with Crippen LogP contribution in [-0.4, -0.2) is 41.0 Å². The Kier molecular flexibility index (Phi) is 8.30. The molecule has 6 heteroatoms. The maximum absolute atomic E-state index is 13.0. The molecule has 2 N–H and O–H groups in total. The number of aliphatic hydroxyl groups is 1. The lowest BCUT2D eigenvalue weighted by Crippen LogP contribution is -2.48. The van der Waals surface area contributed by atoms with E-state index < -0.39 is 6.04 Å². The summed E-state index contributed by atoms with van der Waals surface area (Å²) in [5.74, 6) is -0.366. The third kappa shape index (κ3) is 6.70. The molecule has 2 aromatic carbocycles. The lowest BCUT2D eigenvalue weighted by molar-refractivity contribution is -0.140. The Labute approximate surface area is 165 Å². The minimum atomic E-state index is -0.622. The molecule has 0 saturated carbocycles. The summed E-state index contributed by atoms with van der Waals surface area (Å²) in [7, 11) is 0. The summed E-state index contributed by atoms with van der Waals surface area (Å²) in [6.07, 6.45) is 0.675. The summed E-state index contributed by atoms with van der Waals surface area (Å²) in [6, 6.07) is 16.1. The number of carbonyl (C=O) groups excluding carboxylic acids is 2. The van der Waals surface area contributed by atoms with Crippen molar-refractivity contribution in [1.82, 2.24) is 10.2 Å². The minimum Gasteiger partial charge on any atom is -0.396 e. The molecule has 0 radical (unpaired) electrons. The van der Waals surface area contributed by atoms with Gasteiger partial charge in [-0.15, -0.1) is 0 Å². The largest absolute Gasteiger partial charge is 0.396 e. The van der Waals surface area contributed by atoms with Gasteiger partial charge in [-0.3, -0.25) is 9.59 Å². The lowest BCUT2D eigenvalue weighted by Gasteiger charge is -2.29. The molecule has 2 aromatic rings. The molecule has 0 aliphatic heterocycles. The highest BCUT2D eigenvalue weighted by molar-refractivity contribution is 6.30. The molecule has 0 aliphatic carbocycles. The number of halogens is 1. The van der Waals surface area contributed by atoms with E-state index in [4.69, 9.17) is 16.7 Å². The zero-order chi connectivity index (χ0) is 19.6. The summed E-state index contributed by atoms with van der Waals surface area (Å²) in [5.41, 5.74) is 1.80. The quantitative estimate of drug-likeness (QED) is 0.649. The molecule has 0 saturated heterocycles. The first kappa shape index (κ1) is 20.9. The summed E-state index contributed by atoms with van der Waals surface area (Å²) in [6.45, 7) is 2.46. The van der Waals surface area contributed by atoms with E-state index in [9.17, 15) is 9.59 Å². The topological polar surface area (TPSA) is 69.6 Å². The van der Waals surface area contributed by atoms with Gasteiger partial charge in [0.15, 0.2) is 0 Å². The van der Waals surface area contributed by atoms with E-state index in [1.54, 1.807) is 24.0 Å². The number of rotatable bonds is 9. The van der Waals surface area contributed by atoms with Crippen LogP contribution in [0.3, 0.4) is 0 Å². The second kappa shape index (κ2) is 10.7. The number of aliphatic hydroxyl groups excluding tert-OH is 1. The van der Waals surface area contributed by atoms with Crippen molar-refractivity contribution in [2.75, 3.05) is 13.2 Å². The summed E-state index contributed by atoms with van der Waals surface area (Å²) >= 11 is 5.90. The summed E-state index contributed by atoms with van der Waals surface area (Å²) < 4.78 is 0. The minimum absolute atomic E-state index is 0.0118. The van der Waals surface area contributed by atoms with Gasteiger partial charge in [0, 0.05) is 24.7 Å². The van der Waals surface area contributed by atoms with Crippen molar-refractivity contribution in [1.29, 1.82) is 0 Å². The molecule has 144 valence electrons. The van der Waals surface area contributed by atoms with Crippen molar-refractivity contribution < 1.29 is 14.7 Å². The smallest absolute Gasteiger partial charge is 0.242 e. The molecule has 0 aliphatic rings. The van der Waals surface area contributed by atoms with Crippen molar-refractivity contribution in [2.24, 2.45) is 0 Å². The predicted molar refractivity (Wildman–Crippen MR) is 106 cm³/mol. The van der Waals surface area contributed by atoms with Crippen molar-refractivity contribution in [3.63, 3.8) is 0 Å². The van der Waals surface area contributed by atoms with Crippen LogP contribution in [0.1, 0.15) is 24.5 Å². The highest BCUT2D eigenvalue weighted by Crippen LogP contribution is 2.14. The highest BCUT2D eigenvalue weighted by atomic mass is 35.5. The van der Waals surface area contributed by atoms with Crippen LogP contribution in [0.15, 0.2) is 54.6 Å². The number of nitrogens with one attached hydrogen (secondary N) is 1. The maximum atomic E-state index is 13.0. The molecule has 27 heavy (non-hydrogen) atoms. The monoisotopic (exact) mass is 388 g/mol. The molecular weight excluding hydrogens is 364 g/mol. The fourth-order valence-electron chi connectivity index (χ4n) is 2.68. The van der Waals surface area contributed by atoms with Crippen molar-refractivity contribution in [3.8, 4) is 0 Å². The number of carbonyl (C=O) groups is 2. The molecule has 5 nitrogen and oxygen atoms in total. The van der Waals surface area contributed by atoms with Gasteiger partial charge in [0.05, 0.1) is 6.42 Å². The zero-order valence-electron chi connectivity index (χ0n) is 15.4. The second-order valence-corrected chi connectivity index (χ2v) is 6.79. The Hall–Kier alpha value is -2.37. The average Bonchev–Trinajstić information content (AvgIpc) is 2.68. The number of hydrogen-bond donors (Lipinski definition) is 2. The van der Waals surface area contributed by atoms with Gasteiger partial charge >= 0.3 is 0 Å². The standard InChI is InChI=1S/C21H25ClN2O3/c1-16(21(27)23-12-5-13-25)24(15-18-6-3-2-4-7-18)20(26)14-17-8-10-19(22)11-9-17/h2-4,6-11,16,25H,5,12-15H2,1H3,(H,23,27)/t16-/m1/s1. The van der Waals surface area contributed by atoms with Gasteiger partial charge in [-0.25, -0.2) is 0 Å². The predicted octanol–water partition coefficient (Wildman–Crippen LogP) is 2.80. The van der Waals surface area contributed by atoms with Gasteiger partial charge in [-0.2, -0.15) is 0 Å². The Morgan fingerprint density at radius 3 is 2.37 bits per heavy atom. The summed E-state index contributed by atoms with van der Waals surface area (Å²) in [4.78, 5) is 27.0. The van der Waals surface area contributed by atoms with Crippen LogP contribution in [0.4, 0.5) is 0 Å². The van der Waals surface area contributed by atoms with Gasteiger partial charge in [0.2, 0.25) is 11.8 Å². The van der Waals surface area contributed by atoms with Gasteiger partial charge in [-0.1, -0.05) is 54.1 Å². The van der Waals surface area contributed by atoms with Crippen molar-refractivity contribution in [2.45, 2.75) is 32.4 Å². The van der Waals surface area contributed by atoms with Gasteiger partial charge in [0.25, 0.3) is 0 Å². The van der Waals surface area contributed by atoms with Crippen molar-refractivity contribution >= 4 is 23.4 Å². The van der Waals surface area contributed by atoms with Crippen LogP contribution in [0.2, 0.25) is 5.02 Å². The van der Waals surface area contributed by atoms with Gasteiger partial charge < -0.3 is 15.3 Å². The third-order valence-corrected chi connectivity index (χ3v) is 4.52. The van der Waals surface area contributed by atoms with E-state index in [0.29, 0.717) is 24.5 Å². The van der Waals surface area contributed by atoms with E-state index in [2.05, 4.69) is 5.32 Å². The Balaban J connectivity index is 2.13. The molecular formula is C21H25ClN2O3. The Morgan fingerprint density at radius 1 is 1.07 bits per heavy atom. The number of benzene rings is 2. The highest BCUT2D eigenvalue weighted by Gasteiger charge is 2.25. The lowest BCUT2D eigenvalue weighted by atomic mass is 10.1. The van der Waals surface area contributed by atoms with E-state index >= 15 is 0 Å². The first-order valence-corrected chi connectivity index (χ1v) is 9.35. The molecule has 0 aromatic heterocycles. The number of hydrogen-bond acceptors (Lipinski definition) is 3. The van der Waals surface area contributed by atoms with Crippen LogP contribution in [0.25, 0.3) is 0 Å². The number of nitrogens with zero attached hydrogens (tertiary/aromatic N) is 1. The zero-order valence-corrected chi connectivity index (χ0v) is 16.2. The normalized spacial score (nSPS) is 11.7. The third-order valence-electron chi connectivity index (χ3n) is 4.27.